The number of hydrogen-bond acceptors (Lipinski definition) is 9. The van der Waals surface area contributed by atoms with Gasteiger partial charge in [0.05, 0.1) is 24.4 Å². The molecule has 4 N–H and O–H groups in total. The monoisotopic (exact) mass is 666 g/mol. The average Bonchev–Trinajstić information content (AvgIpc) is 3.05. The van der Waals surface area contributed by atoms with Crippen molar-refractivity contribution in [1.82, 2.24) is 10.8 Å². The fourth-order valence-corrected chi connectivity index (χ4v) is 9.48. The van der Waals surface area contributed by atoms with Crippen molar-refractivity contribution in [2.24, 2.45) is 47.3 Å². The van der Waals surface area contributed by atoms with Gasteiger partial charge in [0.2, 0.25) is 18.0 Å². The lowest BCUT2D eigenvalue weighted by atomic mass is 9.69. The van der Waals surface area contributed by atoms with Crippen molar-refractivity contribution in [3.63, 3.8) is 0 Å². The minimum atomic E-state index is -1.17. The molecule has 0 spiro atoms. The van der Waals surface area contributed by atoms with E-state index in [1.165, 1.54) is 0 Å². The number of amides is 1. The number of hydroxylamine groups is 1. The fraction of sp³-hybridized carbons (Fsp3) is 0.909. The number of carboxylic acid groups (broad SMARTS) is 2. The molecule has 0 aromatic carbocycles. The van der Waals surface area contributed by atoms with Gasteiger partial charge in [0.25, 0.3) is 0 Å². The first-order valence-electron chi connectivity index (χ1n) is 17.8. The summed E-state index contributed by atoms with van der Waals surface area (Å²) in [7, 11) is 0. The highest BCUT2D eigenvalue weighted by molar-refractivity contribution is 5.85. The van der Waals surface area contributed by atoms with Crippen LogP contribution in [-0.2, 0) is 19.2 Å². The van der Waals surface area contributed by atoms with Crippen LogP contribution in [0.15, 0.2) is 0 Å². The molecule has 4 saturated carbocycles. The number of aliphatic carboxylic acids is 2. The summed E-state index contributed by atoms with van der Waals surface area (Å²) in [6, 6.07) is -2.10. The molecule has 1 amide bonds. The summed E-state index contributed by atoms with van der Waals surface area (Å²) >= 11 is 0. The minimum absolute atomic E-state index is 0.00155. The number of hydrogen-bond donors (Lipinski definition) is 4. The van der Waals surface area contributed by atoms with Crippen LogP contribution in [0.25, 0.3) is 0 Å². The van der Waals surface area contributed by atoms with E-state index in [9.17, 15) is 44.8 Å². The standard InChI is InChI=1S/C33H54N4O10/c1-3-21-16-19(11-13-26(21)34-31(38)30-24(33(41)42)8-6-10-29(30)37(45)46)15-20-12-14-27(22(4-2)17-20)35-47-18-25-23(32(39)40)7-5-9-28(25)36(43)44/h19-30,35H,3-18H2,1-2H3,(H,34,38)(H,39,40)(H,41,42). The molecular formula is C33H54N4O10. The van der Waals surface area contributed by atoms with Crippen LogP contribution < -0.4 is 10.8 Å². The molecule has 0 aromatic heterocycles. The normalized spacial score (nSPS) is 37.8. The van der Waals surface area contributed by atoms with Gasteiger partial charge in [-0.3, -0.25) is 34.6 Å². The van der Waals surface area contributed by atoms with Crippen LogP contribution in [-0.4, -0.2) is 68.7 Å². The second-order valence-corrected chi connectivity index (χ2v) is 14.7. The van der Waals surface area contributed by atoms with Crippen molar-refractivity contribution in [2.45, 2.75) is 134 Å². The molecule has 4 aliphatic carbocycles. The molecule has 12 atom stereocenters. The van der Waals surface area contributed by atoms with Gasteiger partial charge in [0.1, 0.15) is 5.92 Å². The Balaban J connectivity index is 1.27. The third kappa shape index (κ3) is 9.18. The second-order valence-electron chi connectivity index (χ2n) is 14.7. The van der Waals surface area contributed by atoms with Crippen LogP contribution in [0.5, 0.6) is 0 Å². The van der Waals surface area contributed by atoms with Crippen LogP contribution in [0.2, 0.25) is 0 Å². The Morgan fingerprint density at radius 3 is 1.83 bits per heavy atom. The lowest BCUT2D eigenvalue weighted by Gasteiger charge is -2.41. The lowest BCUT2D eigenvalue weighted by Crippen LogP contribution is -2.53. The molecule has 0 aromatic rings. The first kappa shape index (κ1) is 37.0. The van der Waals surface area contributed by atoms with Crippen LogP contribution in [0.4, 0.5) is 0 Å². The Morgan fingerprint density at radius 1 is 0.745 bits per heavy atom. The van der Waals surface area contributed by atoms with E-state index < -0.39 is 58.5 Å². The quantitative estimate of drug-likeness (QED) is 0.147. The molecule has 0 radical (unpaired) electrons. The Labute approximate surface area is 276 Å². The van der Waals surface area contributed by atoms with Crippen LogP contribution >= 0.6 is 0 Å². The molecule has 0 aliphatic heterocycles. The molecule has 14 nitrogen and oxygen atoms in total. The molecule has 4 aliphatic rings. The Kier molecular flexibility index (Phi) is 13.4. The minimum Gasteiger partial charge on any atom is -0.481 e. The van der Waals surface area contributed by atoms with Crippen molar-refractivity contribution in [2.75, 3.05) is 6.61 Å². The van der Waals surface area contributed by atoms with E-state index in [-0.39, 0.29) is 42.4 Å². The highest BCUT2D eigenvalue weighted by Gasteiger charge is 2.49. The Bertz CT molecular complexity index is 1080. The van der Waals surface area contributed by atoms with E-state index in [4.69, 9.17) is 4.84 Å². The zero-order valence-corrected chi connectivity index (χ0v) is 27.8. The number of carboxylic acids is 2. The molecule has 4 rings (SSSR count). The summed E-state index contributed by atoms with van der Waals surface area (Å²) in [6.07, 6.45) is 10.8. The highest BCUT2D eigenvalue weighted by Crippen LogP contribution is 2.41. The number of carbonyl (C=O) groups is 3. The summed E-state index contributed by atoms with van der Waals surface area (Å²) in [5.74, 6) is -4.63. The Hall–Kier alpha value is -2.87. The maximum atomic E-state index is 13.4. The predicted octanol–water partition coefficient (Wildman–Crippen LogP) is 4.70. The van der Waals surface area contributed by atoms with Crippen LogP contribution in [0, 0.1) is 67.6 Å². The summed E-state index contributed by atoms with van der Waals surface area (Å²) in [4.78, 5) is 65.3. The number of nitro groups is 2. The number of carbonyl (C=O) groups excluding carboxylic acids is 1. The third-order valence-electron chi connectivity index (χ3n) is 12.1. The largest absolute Gasteiger partial charge is 0.481 e. The topological polar surface area (TPSA) is 211 Å². The first-order valence-corrected chi connectivity index (χ1v) is 17.8. The van der Waals surface area contributed by atoms with E-state index in [1.807, 2.05) is 0 Å². The zero-order valence-electron chi connectivity index (χ0n) is 27.8. The van der Waals surface area contributed by atoms with Crippen molar-refractivity contribution >= 4 is 17.8 Å². The summed E-state index contributed by atoms with van der Waals surface area (Å²) < 4.78 is 0. The predicted molar refractivity (Wildman–Crippen MR) is 170 cm³/mol. The van der Waals surface area contributed by atoms with Crippen molar-refractivity contribution in [3.8, 4) is 0 Å². The maximum absolute atomic E-state index is 13.4. The van der Waals surface area contributed by atoms with Crippen molar-refractivity contribution in [3.05, 3.63) is 20.2 Å². The van der Waals surface area contributed by atoms with Gasteiger partial charge in [-0.15, -0.1) is 0 Å². The van der Waals surface area contributed by atoms with Gasteiger partial charge >= 0.3 is 11.9 Å². The number of rotatable bonds is 14. The van der Waals surface area contributed by atoms with Gasteiger partial charge in [-0.25, -0.2) is 0 Å². The third-order valence-corrected chi connectivity index (χ3v) is 12.1. The smallest absolute Gasteiger partial charge is 0.307 e. The average molecular weight is 667 g/mol. The molecule has 0 saturated heterocycles. The van der Waals surface area contributed by atoms with E-state index in [0.717, 1.165) is 57.8 Å². The summed E-state index contributed by atoms with van der Waals surface area (Å²) in [5.41, 5.74) is 3.17. The molecule has 47 heavy (non-hydrogen) atoms. The number of nitrogens with one attached hydrogen (secondary N) is 2. The van der Waals surface area contributed by atoms with Crippen molar-refractivity contribution < 1.29 is 39.3 Å². The van der Waals surface area contributed by atoms with Gasteiger partial charge in [-0.05, 0) is 94.3 Å². The highest BCUT2D eigenvalue weighted by atomic mass is 16.6. The first-order chi connectivity index (χ1) is 22.4. The molecule has 0 heterocycles. The number of nitrogens with zero attached hydrogens (tertiary/aromatic N) is 2. The second kappa shape index (κ2) is 17.0. The maximum Gasteiger partial charge on any atom is 0.307 e. The molecule has 14 heteroatoms. The van der Waals surface area contributed by atoms with E-state index in [2.05, 4.69) is 24.6 Å². The molecule has 4 fully saturated rings. The Morgan fingerprint density at radius 2 is 1.28 bits per heavy atom. The van der Waals surface area contributed by atoms with E-state index in [0.29, 0.717) is 43.4 Å². The lowest BCUT2D eigenvalue weighted by molar-refractivity contribution is -0.538. The van der Waals surface area contributed by atoms with Gasteiger partial charge in [0, 0.05) is 34.8 Å². The van der Waals surface area contributed by atoms with Crippen molar-refractivity contribution in [1.29, 1.82) is 0 Å². The fourth-order valence-electron chi connectivity index (χ4n) is 9.48. The SMILES string of the molecule is CCC1CC(CC2CCC(NC(=O)C3C(C(=O)O)CCCC3[N+](=O)[O-])C(CC)C2)CCC1NOCC1C(C(=O)O)CCCC1[N+](=O)[O-]. The molecule has 12 unspecified atom stereocenters. The van der Waals surface area contributed by atoms with Gasteiger partial charge in [0.15, 0.2) is 0 Å². The van der Waals surface area contributed by atoms with Gasteiger partial charge in [-0.2, -0.15) is 5.48 Å². The molecular weight excluding hydrogens is 612 g/mol. The van der Waals surface area contributed by atoms with Gasteiger partial charge < -0.3 is 20.4 Å². The summed E-state index contributed by atoms with van der Waals surface area (Å²) in [6.45, 7) is 4.25. The van der Waals surface area contributed by atoms with Gasteiger partial charge in [-0.1, -0.05) is 26.7 Å². The van der Waals surface area contributed by atoms with E-state index >= 15 is 0 Å². The summed E-state index contributed by atoms with van der Waals surface area (Å²) in [5, 5.41) is 45.7. The van der Waals surface area contributed by atoms with E-state index in [1.54, 1.807) is 0 Å². The molecule has 0 bridgehead atoms. The van der Waals surface area contributed by atoms with Crippen LogP contribution in [0.1, 0.15) is 110 Å². The molecule has 266 valence electrons. The zero-order chi connectivity index (χ0) is 34.2. The van der Waals surface area contributed by atoms with Crippen LogP contribution in [0.3, 0.4) is 0 Å².